The first kappa shape index (κ1) is 10.4. The maximum absolute atomic E-state index is 5.89. The van der Waals surface area contributed by atoms with Crippen LogP contribution in [0.3, 0.4) is 0 Å². The minimum absolute atomic E-state index is 0.381. The molecule has 1 saturated heterocycles. The third-order valence-electron chi connectivity index (χ3n) is 3.03. The molecule has 0 atom stereocenters. The SMILES string of the molecule is Cc1cnc(N2CCC(N)CC2)c(C)c1. The third kappa shape index (κ3) is 2.29. The van der Waals surface area contributed by atoms with E-state index in [1.54, 1.807) is 0 Å². The van der Waals surface area contributed by atoms with Crippen molar-refractivity contribution in [2.45, 2.75) is 32.7 Å². The van der Waals surface area contributed by atoms with Crippen LogP contribution in [0.2, 0.25) is 0 Å². The number of rotatable bonds is 1. The van der Waals surface area contributed by atoms with E-state index < -0.39 is 0 Å². The average molecular weight is 205 g/mol. The number of pyridine rings is 1. The van der Waals surface area contributed by atoms with Crippen LogP contribution in [0.25, 0.3) is 0 Å². The highest BCUT2D eigenvalue weighted by molar-refractivity contribution is 5.47. The molecule has 1 aliphatic rings. The Hall–Kier alpha value is -1.09. The van der Waals surface area contributed by atoms with Gasteiger partial charge in [-0.1, -0.05) is 6.07 Å². The van der Waals surface area contributed by atoms with Gasteiger partial charge in [-0.15, -0.1) is 0 Å². The van der Waals surface area contributed by atoms with Gasteiger partial charge in [0.15, 0.2) is 0 Å². The summed E-state index contributed by atoms with van der Waals surface area (Å²) in [5, 5.41) is 0. The molecule has 0 spiro atoms. The van der Waals surface area contributed by atoms with Gasteiger partial charge in [0.2, 0.25) is 0 Å². The fourth-order valence-electron chi connectivity index (χ4n) is 2.15. The Balaban J connectivity index is 2.15. The predicted molar refractivity (Wildman–Crippen MR) is 63.1 cm³/mol. The van der Waals surface area contributed by atoms with E-state index in [4.69, 9.17) is 5.73 Å². The van der Waals surface area contributed by atoms with Gasteiger partial charge in [-0.2, -0.15) is 0 Å². The number of hydrogen-bond acceptors (Lipinski definition) is 3. The minimum atomic E-state index is 0.381. The molecule has 2 N–H and O–H groups in total. The first-order valence-electron chi connectivity index (χ1n) is 5.60. The lowest BCUT2D eigenvalue weighted by molar-refractivity contribution is 0.498. The molecule has 15 heavy (non-hydrogen) atoms. The van der Waals surface area contributed by atoms with E-state index in [2.05, 4.69) is 29.8 Å². The summed E-state index contributed by atoms with van der Waals surface area (Å²) in [6, 6.07) is 2.57. The smallest absolute Gasteiger partial charge is 0.131 e. The van der Waals surface area contributed by atoms with Crippen LogP contribution in [0.5, 0.6) is 0 Å². The van der Waals surface area contributed by atoms with Crippen LogP contribution in [-0.4, -0.2) is 24.1 Å². The average Bonchev–Trinajstić information content (AvgIpc) is 2.20. The second-order valence-corrected chi connectivity index (χ2v) is 4.48. The Morgan fingerprint density at radius 1 is 1.33 bits per heavy atom. The topological polar surface area (TPSA) is 42.2 Å². The number of piperidine rings is 1. The quantitative estimate of drug-likeness (QED) is 0.757. The van der Waals surface area contributed by atoms with Crippen LogP contribution >= 0.6 is 0 Å². The molecule has 2 rings (SSSR count). The van der Waals surface area contributed by atoms with Gasteiger partial charge >= 0.3 is 0 Å². The Morgan fingerprint density at radius 2 is 2.00 bits per heavy atom. The first-order chi connectivity index (χ1) is 7.16. The van der Waals surface area contributed by atoms with Crippen LogP contribution < -0.4 is 10.6 Å². The molecule has 1 aliphatic heterocycles. The Kier molecular flexibility index (Phi) is 2.91. The second kappa shape index (κ2) is 4.19. The predicted octanol–water partition coefficient (Wildman–Crippen LogP) is 1.63. The van der Waals surface area contributed by atoms with Gasteiger partial charge in [0.1, 0.15) is 5.82 Å². The van der Waals surface area contributed by atoms with E-state index in [9.17, 15) is 0 Å². The number of nitrogens with zero attached hydrogens (tertiary/aromatic N) is 2. The highest BCUT2D eigenvalue weighted by Crippen LogP contribution is 2.21. The van der Waals surface area contributed by atoms with Crippen molar-refractivity contribution in [1.29, 1.82) is 0 Å². The maximum Gasteiger partial charge on any atom is 0.131 e. The molecule has 0 unspecified atom stereocenters. The molecule has 0 radical (unpaired) electrons. The largest absolute Gasteiger partial charge is 0.356 e. The fraction of sp³-hybridized carbons (Fsp3) is 0.583. The molecule has 3 nitrogen and oxygen atoms in total. The third-order valence-corrected chi connectivity index (χ3v) is 3.03. The van der Waals surface area contributed by atoms with Gasteiger partial charge in [0.25, 0.3) is 0 Å². The van der Waals surface area contributed by atoms with E-state index in [0.717, 1.165) is 31.7 Å². The van der Waals surface area contributed by atoms with Crippen LogP contribution in [0.15, 0.2) is 12.3 Å². The van der Waals surface area contributed by atoms with Gasteiger partial charge in [0, 0.05) is 25.3 Å². The Morgan fingerprint density at radius 3 is 2.60 bits per heavy atom. The lowest BCUT2D eigenvalue weighted by Gasteiger charge is -2.32. The summed E-state index contributed by atoms with van der Waals surface area (Å²) in [6.45, 7) is 6.29. The molecule has 0 aromatic carbocycles. The maximum atomic E-state index is 5.89. The molecule has 0 amide bonds. The number of anilines is 1. The highest BCUT2D eigenvalue weighted by atomic mass is 15.2. The normalized spacial score (nSPS) is 18.2. The number of aromatic nitrogens is 1. The summed E-state index contributed by atoms with van der Waals surface area (Å²) >= 11 is 0. The molecule has 82 valence electrons. The van der Waals surface area contributed by atoms with E-state index in [0.29, 0.717) is 6.04 Å². The minimum Gasteiger partial charge on any atom is -0.356 e. The summed E-state index contributed by atoms with van der Waals surface area (Å²) < 4.78 is 0. The zero-order valence-electron chi connectivity index (χ0n) is 9.53. The summed E-state index contributed by atoms with van der Waals surface area (Å²) in [6.07, 6.45) is 4.10. The summed E-state index contributed by atoms with van der Waals surface area (Å²) in [4.78, 5) is 6.86. The fourth-order valence-corrected chi connectivity index (χ4v) is 2.15. The van der Waals surface area contributed by atoms with Crippen LogP contribution in [0.4, 0.5) is 5.82 Å². The van der Waals surface area contributed by atoms with E-state index in [-0.39, 0.29) is 0 Å². The molecule has 2 heterocycles. The molecule has 1 aromatic heterocycles. The number of hydrogen-bond donors (Lipinski definition) is 1. The van der Waals surface area contributed by atoms with Crippen LogP contribution in [-0.2, 0) is 0 Å². The highest BCUT2D eigenvalue weighted by Gasteiger charge is 2.18. The van der Waals surface area contributed by atoms with Crippen LogP contribution in [0.1, 0.15) is 24.0 Å². The van der Waals surface area contributed by atoms with Crippen molar-refractivity contribution < 1.29 is 0 Å². The Bertz CT molecular complexity index is 341. The van der Waals surface area contributed by atoms with Gasteiger partial charge in [-0.05, 0) is 37.8 Å². The van der Waals surface area contributed by atoms with Crippen molar-refractivity contribution in [2.24, 2.45) is 5.73 Å². The van der Waals surface area contributed by atoms with Crippen molar-refractivity contribution in [3.63, 3.8) is 0 Å². The van der Waals surface area contributed by atoms with Gasteiger partial charge in [0.05, 0.1) is 0 Å². The van der Waals surface area contributed by atoms with E-state index in [1.165, 1.54) is 11.1 Å². The summed E-state index contributed by atoms with van der Waals surface area (Å²) in [5.74, 6) is 1.13. The molecule has 0 saturated carbocycles. The van der Waals surface area contributed by atoms with Crippen LogP contribution in [0, 0.1) is 13.8 Å². The molecule has 1 aromatic rings. The van der Waals surface area contributed by atoms with Crippen molar-refractivity contribution in [3.05, 3.63) is 23.4 Å². The number of aryl methyl sites for hydroxylation is 2. The zero-order chi connectivity index (χ0) is 10.8. The van der Waals surface area contributed by atoms with E-state index >= 15 is 0 Å². The molecular weight excluding hydrogens is 186 g/mol. The molecular formula is C12H19N3. The van der Waals surface area contributed by atoms with Crippen molar-refractivity contribution in [1.82, 2.24) is 4.98 Å². The van der Waals surface area contributed by atoms with Crippen molar-refractivity contribution in [3.8, 4) is 0 Å². The Labute approximate surface area is 91.3 Å². The number of nitrogens with two attached hydrogens (primary N) is 1. The van der Waals surface area contributed by atoms with Gasteiger partial charge < -0.3 is 10.6 Å². The first-order valence-corrected chi connectivity index (χ1v) is 5.60. The summed E-state index contributed by atoms with van der Waals surface area (Å²) in [7, 11) is 0. The van der Waals surface area contributed by atoms with Gasteiger partial charge in [-0.3, -0.25) is 0 Å². The van der Waals surface area contributed by atoms with Gasteiger partial charge in [-0.25, -0.2) is 4.98 Å². The molecule has 3 heteroatoms. The summed E-state index contributed by atoms with van der Waals surface area (Å²) in [5.41, 5.74) is 8.39. The van der Waals surface area contributed by atoms with Crippen molar-refractivity contribution >= 4 is 5.82 Å². The molecule has 1 fully saturated rings. The monoisotopic (exact) mass is 205 g/mol. The molecule has 0 aliphatic carbocycles. The van der Waals surface area contributed by atoms with Crippen molar-refractivity contribution in [2.75, 3.05) is 18.0 Å². The second-order valence-electron chi connectivity index (χ2n) is 4.48. The standard InChI is InChI=1S/C12H19N3/c1-9-7-10(2)12(14-8-9)15-5-3-11(13)4-6-15/h7-8,11H,3-6,13H2,1-2H3. The lowest BCUT2D eigenvalue weighted by atomic mass is 10.1. The molecule has 0 bridgehead atoms. The lowest BCUT2D eigenvalue weighted by Crippen LogP contribution is -2.40. The zero-order valence-corrected chi connectivity index (χ0v) is 9.53. The van der Waals surface area contributed by atoms with E-state index in [1.807, 2.05) is 6.20 Å².